The average Bonchev–Trinajstić information content (AvgIpc) is 3.14. The number of tetrazole rings is 1. The van der Waals surface area contributed by atoms with Crippen LogP contribution >= 0.6 is 0 Å². The summed E-state index contributed by atoms with van der Waals surface area (Å²) < 4.78 is 16.1. The van der Waals surface area contributed by atoms with Gasteiger partial charge in [0.1, 0.15) is 6.04 Å². The molecule has 7 nitrogen and oxygen atoms in total. The van der Waals surface area contributed by atoms with Gasteiger partial charge in [-0.15, -0.1) is 0 Å². The van der Waals surface area contributed by atoms with Gasteiger partial charge in [0.2, 0.25) is 11.9 Å². The van der Waals surface area contributed by atoms with Crippen molar-refractivity contribution in [1.82, 2.24) is 25.5 Å². The number of amides is 1. The van der Waals surface area contributed by atoms with Crippen LogP contribution in [-0.4, -0.2) is 26.1 Å². The number of anilines is 1. The van der Waals surface area contributed by atoms with E-state index < -0.39 is 17.9 Å². The zero-order chi connectivity index (χ0) is 17.9. The molecule has 1 amide bonds. The van der Waals surface area contributed by atoms with Crippen molar-refractivity contribution in [2.45, 2.75) is 12.6 Å². The molecule has 0 bridgehead atoms. The Labute approximate surface area is 148 Å². The molecule has 1 aromatic heterocycles. The summed E-state index contributed by atoms with van der Waals surface area (Å²) in [4.78, 5) is 12.8. The summed E-state index contributed by atoms with van der Waals surface area (Å²) in [7, 11) is 0. The van der Waals surface area contributed by atoms with Crippen LogP contribution < -0.4 is 10.6 Å². The van der Waals surface area contributed by atoms with Gasteiger partial charge in [-0.05, 0) is 21.6 Å². The van der Waals surface area contributed by atoms with Crippen molar-refractivity contribution in [3.05, 3.63) is 83.3 Å². The number of carbonyl (C=O) groups is 1. The SMILES string of the molecule is O=C(NCc1ccccc1)C1=C(F)Nc2nnnn2C1c1ccccc1. The van der Waals surface area contributed by atoms with Crippen LogP contribution in [-0.2, 0) is 11.3 Å². The van der Waals surface area contributed by atoms with Gasteiger partial charge in [0.25, 0.3) is 5.91 Å². The monoisotopic (exact) mass is 350 g/mol. The van der Waals surface area contributed by atoms with E-state index in [9.17, 15) is 9.18 Å². The fourth-order valence-corrected chi connectivity index (χ4v) is 2.90. The molecule has 130 valence electrons. The summed E-state index contributed by atoms with van der Waals surface area (Å²) in [5, 5.41) is 16.5. The number of rotatable bonds is 4. The van der Waals surface area contributed by atoms with E-state index in [0.717, 1.165) is 5.56 Å². The zero-order valence-corrected chi connectivity index (χ0v) is 13.6. The summed E-state index contributed by atoms with van der Waals surface area (Å²) in [6, 6.07) is 17.8. The fourth-order valence-electron chi connectivity index (χ4n) is 2.90. The second-order valence-corrected chi connectivity index (χ2v) is 5.78. The Balaban J connectivity index is 1.67. The van der Waals surface area contributed by atoms with E-state index in [1.54, 1.807) is 12.1 Å². The smallest absolute Gasteiger partial charge is 0.254 e. The van der Waals surface area contributed by atoms with Gasteiger partial charge in [-0.2, -0.15) is 9.07 Å². The van der Waals surface area contributed by atoms with E-state index in [1.807, 2.05) is 48.5 Å². The molecule has 0 radical (unpaired) electrons. The largest absolute Gasteiger partial charge is 0.348 e. The van der Waals surface area contributed by atoms with E-state index in [1.165, 1.54) is 4.68 Å². The third kappa shape index (κ3) is 2.92. The van der Waals surface area contributed by atoms with Crippen LogP contribution in [0.3, 0.4) is 0 Å². The number of nitrogens with one attached hydrogen (secondary N) is 2. The van der Waals surface area contributed by atoms with Crippen molar-refractivity contribution in [3.8, 4) is 0 Å². The third-order valence-corrected chi connectivity index (χ3v) is 4.12. The first-order chi connectivity index (χ1) is 12.7. The number of fused-ring (bicyclic) bond motifs is 1. The molecule has 0 saturated carbocycles. The molecule has 0 fully saturated rings. The second-order valence-electron chi connectivity index (χ2n) is 5.78. The van der Waals surface area contributed by atoms with Crippen molar-refractivity contribution >= 4 is 11.9 Å². The Morgan fingerprint density at radius 1 is 1.12 bits per heavy atom. The molecule has 4 rings (SSSR count). The molecule has 0 aliphatic carbocycles. The summed E-state index contributed by atoms with van der Waals surface area (Å²) in [5.41, 5.74) is 1.57. The summed E-state index contributed by atoms with van der Waals surface area (Å²) in [6.07, 6.45) is 0. The van der Waals surface area contributed by atoms with E-state index in [0.29, 0.717) is 12.1 Å². The van der Waals surface area contributed by atoms with Crippen LogP contribution in [0, 0.1) is 0 Å². The topological polar surface area (TPSA) is 84.7 Å². The molecule has 8 heteroatoms. The highest BCUT2D eigenvalue weighted by Gasteiger charge is 2.35. The minimum Gasteiger partial charge on any atom is -0.348 e. The maximum Gasteiger partial charge on any atom is 0.254 e. The lowest BCUT2D eigenvalue weighted by molar-refractivity contribution is -0.118. The number of hydrogen-bond acceptors (Lipinski definition) is 5. The molecule has 0 saturated heterocycles. The Bertz CT molecular complexity index is 954. The maximum absolute atomic E-state index is 14.7. The average molecular weight is 350 g/mol. The van der Waals surface area contributed by atoms with Gasteiger partial charge < -0.3 is 5.32 Å². The minimum atomic E-state index is -0.758. The van der Waals surface area contributed by atoms with Crippen molar-refractivity contribution in [3.63, 3.8) is 0 Å². The third-order valence-electron chi connectivity index (χ3n) is 4.12. The molecular formula is C18H15FN6O. The first kappa shape index (κ1) is 15.9. The minimum absolute atomic E-state index is 0.0630. The van der Waals surface area contributed by atoms with Crippen molar-refractivity contribution in [2.24, 2.45) is 0 Å². The van der Waals surface area contributed by atoms with Crippen molar-refractivity contribution in [1.29, 1.82) is 0 Å². The zero-order valence-electron chi connectivity index (χ0n) is 13.6. The maximum atomic E-state index is 14.7. The molecule has 0 spiro atoms. The predicted octanol–water partition coefficient (Wildman–Crippen LogP) is 2.19. The lowest BCUT2D eigenvalue weighted by Gasteiger charge is -2.26. The number of aromatic nitrogens is 4. The highest BCUT2D eigenvalue weighted by molar-refractivity contribution is 5.96. The van der Waals surface area contributed by atoms with Gasteiger partial charge in [0.15, 0.2) is 0 Å². The molecule has 3 aromatic rings. The normalized spacial score (nSPS) is 16.0. The Morgan fingerprint density at radius 3 is 2.54 bits per heavy atom. The quantitative estimate of drug-likeness (QED) is 0.705. The summed E-state index contributed by atoms with van der Waals surface area (Å²) >= 11 is 0. The predicted molar refractivity (Wildman–Crippen MR) is 92.4 cm³/mol. The lowest BCUT2D eigenvalue weighted by Crippen LogP contribution is -2.34. The molecule has 1 atom stereocenters. The lowest BCUT2D eigenvalue weighted by atomic mass is 9.97. The number of carbonyl (C=O) groups excluding carboxylic acids is 1. The molecule has 1 aliphatic heterocycles. The van der Waals surface area contributed by atoms with Crippen LogP contribution in [0.4, 0.5) is 10.3 Å². The van der Waals surface area contributed by atoms with Crippen LogP contribution in [0.2, 0.25) is 0 Å². The Hall–Kier alpha value is -3.55. The van der Waals surface area contributed by atoms with E-state index >= 15 is 0 Å². The van der Waals surface area contributed by atoms with Gasteiger partial charge in [-0.1, -0.05) is 65.8 Å². The number of nitrogens with zero attached hydrogens (tertiary/aromatic N) is 4. The van der Waals surface area contributed by atoms with Gasteiger partial charge in [0, 0.05) is 6.54 Å². The van der Waals surface area contributed by atoms with Gasteiger partial charge in [-0.3, -0.25) is 10.1 Å². The van der Waals surface area contributed by atoms with Gasteiger partial charge in [-0.25, -0.2) is 0 Å². The van der Waals surface area contributed by atoms with E-state index in [4.69, 9.17) is 0 Å². The molecule has 2 heterocycles. The number of halogens is 1. The van der Waals surface area contributed by atoms with Crippen LogP contribution in [0.1, 0.15) is 17.2 Å². The van der Waals surface area contributed by atoms with Gasteiger partial charge in [0.05, 0.1) is 5.57 Å². The number of hydrogen-bond donors (Lipinski definition) is 2. The van der Waals surface area contributed by atoms with Gasteiger partial charge >= 0.3 is 0 Å². The first-order valence-electron chi connectivity index (χ1n) is 8.05. The molecular weight excluding hydrogens is 335 g/mol. The molecule has 2 aromatic carbocycles. The molecule has 2 N–H and O–H groups in total. The molecule has 26 heavy (non-hydrogen) atoms. The Kier molecular flexibility index (Phi) is 4.14. The standard InChI is InChI=1S/C18H15FN6O/c19-16-14(17(26)20-11-12-7-3-1-4-8-12)15(13-9-5-2-6-10-13)25-18(21-16)22-23-24-25/h1-10,15H,11H2,(H,20,26)(H,21,22,24). The van der Waals surface area contributed by atoms with Crippen LogP contribution in [0.15, 0.2) is 72.2 Å². The van der Waals surface area contributed by atoms with E-state index in [2.05, 4.69) is 26.2 Å². The fraction of sp³-hybridized carbons (Fsp3) is 0.111. The highest BCUT2D eigenvalue weighted by Crippen LogP contribution is 2.34. The van der Waals surface area contributed by atoms with E-state index in [-0.39, 0.29) is 11.5 Å². The summed E-state index contributed by atoms with van der Waals surface area (Å²) in [6.45, 7) is 0.292. The highest BCUT2D eigenvalue weighted by atomic mass is 19.1. The van der Waals surface area contributed by atoms with Crippen molar-refractivity contribution in [2.75, 3.05) is 5.32 Å². The summed E-state index contributed by atoms with van der Waals surface area (Å²) in [5.74, 6) is -1.13. The molecule has 1 aliphatic rings. The Morgan fingerprint density at radius 2 is 1.81 bits per heavy atom. The van der Waals surface area contributed by atoms with Crippen molar-refractivity contribution < 1.29 is 9.18 Å². The second kappa shape index (κ2) is 6.75. The van der Waals surface area contributed by atoms with Crippen LogP contribution in [0.5, 0.6) is 0 Å². The number of benzene rings is 2. The molecule has 1 unspecified atom stereocenters. The van der Waals surface area contributed by atoms with Crippen LogP contribution in [0.25, 0.3) is 0 Å². The first-order valence-corrected chi connectivity index (χ1v) is 8.05.